The van der Waals surface area contributed by atoms with Gasteiger partial charge in [-0.3, -0.25) is 0 Å². The van der Waals surface area contributed by atoms with E-state index in [-0.39, 0.29) is 16.5 Å². The summed E-state index contributed by atoms with van der Waals surface area (Å²) in [5.41, 5.74) is 0.0382. The second-order valence-corrected chi connectivity index (χ2v) is 5.76. The van der Waals surface area contributed by atoms with Gasteiger partial charge in [0.15, 0.2) is 23.3 Å². The summed E-state index contributed by atoms with van der Waals surface area (Å²) < 4.78 is 39.4. The highest BCUT2D eigenvalue weighted by Gasteiger charge is 2.15. The Morgan fingerprint density at radius 1 is 1.05 bits per heavy atom. The van der Waals surface area contributed by atoms with Crippen molar-refractivity contribution < 1.29 is 13.2 Å². The molecule has 0 aliphatic rings. The number of rotatable bonds is 1. The van der Waals surface area contributed by atoms with Gasteiger partial charge in [-0.25, -0.2) is 23.1 Å². The van der Waals surface area contributed by atoms with Crippen molar-refractivity contribution in [1.29, 1.82) is 0 Å². The zero-order valence-electron chi connectivity index (χ0n) is 10.0. The third-order valence-electron chi connectivity index (χ3n) is 2.71. The third kappa shape index (κ3) is 2.14. The smallest absolute Gasteiger partial charge is 0.194 e. The second kappa shape index (κ2) is 4.71. The molecule has 0 N–H and O–H groups in total. The fourth-order valence-corrected chi connectivity index (χ4v) is 2.98. The number of halogens is 4. The van der Waals surface area contributed by atoms with Crippen molar-refractivity contribution in [2.75, 3.05) is 0 Å². The van der Waals surface area contributed by atoms with Crippen LogP contribution in [-0.4, -0.2) is 9.97 Å². The van der Waals surface area contributed by atoms with Gasteiger partial charge in [-0.2, -0.15) is 0 Å². The van der Waals surface area contributed by atoms with Gasteiger partial charge in [-0.15, -0.1) is 11.3 Å². The third-order valence-corrected chi connectivity index (χ3v) is 3.94. The highest BCUT2D eigenvalue weighted by molar-refractivity contribution is 7.18. The first-order chi connectivity index (χ1) is 9.45. The maximum absolute atomic E-state index is 13.2. The van der Waals surface area contributed by atoms with Crippen LogP contribution in [0.15, 0.2) is 18.2 Å². The Bertz CT molecular complexity index is 809. The van der Waals surface area contributed by atoms with Gasteiger partial charge in [0.25, 0.3) is 0 Å². The van der Waals surface area contributed by atoms with Crippen LogP contribution in [0.5, 0.6) is 0 Å². The number of aromatic nitrogens is 2. The van der Waals surface area contributed by atoms with E-state index in [1.807, 2.05) is 13.0 Å². The van der Waals surface area contributed by atoms with E-state index >= 15 is 0 Å². The molecule has 0 aliphatic heterocycles. The van der Waals surface area contributed by atoms with Crippen molar-refractivity contribution in [3.8, 4) is 11.4 Å². The molecule has 0 aliphatic carbocycles. The Balaban J connectivity index is 2.24. The van der Waals surface area contributed by atoms with Gasteiger partial charge in [-0.05, 0) is 25.1 Å². The number of benzene rings is 1. The first-order valence-electron chi connectivity index (χ1n) is 5.54. The Morgan fingerprint density at radius 3 is 2.35 bits per heavy atom. The van der Waals surface area contributed by atoms with E-state index in [2.05, 4.69) is 9.97 Å². The lowest BCUT2D eigenvalue weighted by Gasteiger charge is -2.03. The van der Waals surface area contributed by atoms with E-state index in [1.165, 1.54) is 11.3 Å². The van der Waals surface area contributed by atoms with Crippen LogP contribution >= 0.6 is 22.9 Å². The minimum Gasteiger partial charge on any atom is -0.217 e. The quantitative estimate of drug-likeness (QED) is 0.479. The Hall–Kier alpha value is -1.66. The van der Waals surface area contributed by atoms with Gasteiger partial charge in [-0.1, -0.05) is 11.6 Å². The van der Waals surface area contributed by atoms with Crippen LogP contribution in [0.4, 0.5) is 13.2 Å². The summed E-state index contributed by atoms with van der Waals surface area (Å²) in [5, 5.41) is 0.875. The molecule has 2 aromatic heterocycles. The SMILES string of the molecule is Cc1cc2c(Cl)nc(-c3cc(F)c(F)c(F)c3)nc2s1. The molecular weight excluding hydrogens is 309 g/mol. The lowest BCUT2D eigenvalue weighted by atomic mass is 10.2. The molecule has 0 saturated carbocycles. The fourth-order valence-electron chi connectivity index (χ4n) is 1.82. The molecule has 3 rings (SSSR count). The molecule has 0 bridgehead atoms. The maximum atomic E-state index is 13.2. The van der Waals surface area contributed by atoms with Gasteiger partial charge in [0.2, 0.25) is 0 Å². The molecule has 3 aromatic rings. The molecule has 1 aromatic carbocycles. The summed E-state index contributed by atoms with van der Waals surface area (Å²) in [6, 6.07) is 3.52. The van der Waals surface area contributed by atoms with Crippen LogP contribution in [0.1, 0.15) is 4.88 Å². The van der Waals surface area contributed by atoms with Crippen LogP contribution in [-0.2, 0) is 0 Å². The minimum atomic E-state index is -1.52. The molecule has 102 valence electrons. The van der Waals surface area contributed by atoms with Crippen molar-refractivity contribution >= 4 is 33.2 Å². The Kier molecular flexibility index (Phi) is 3.14. The van der Waals surface area contributed by atoms with Crippen LogP contribution < -0.4 is 0 Å². The average Bonchev–Trinajstić information content (AvgIpc) is 2.76. The van der Waals surface area contributed by atoms with Gasteiger partial charge in [0.1, 0.15) is 9.98 Å². The number of nitrogens with zero attached hydrogens (tertiary/aromatic N) is 2. The van der Waals surface area contributed by atoms with Gasteiger partial charge >= 0.3 is 0 Å². The fraction of sp³-hybridized carbons (Fsp3) is 0.0769. The van der Waals surface area contributed by atoms with Crippen LogP contribution in [0.25, 0.3) is 21.6 Å². The lowest BCUT2D eigenvalue weighted by Crippen LogP contribution is -1.95. The summed E-state index contributed by atoms with van der Waals surface area (Å²) in [7, 11) is 0. The van der Waals surface area contributed by atoms with E-state index in [4.69, 9.17) is 11.6 Å². The zero-order chi connectivity index (χ0) is 14.4. The lowest BCUT2D eigenvalue weighted by molar-refractivity contribution is 0.447. The number of thiophene rings is 1. The van der Waals surface area contributed by atoms with Crippen LogP contribution in [0.3, 0.4) is 0 Å². The number of fused-ring (bicyclic) bond motifs is 1. The number of aryl methyl sites for hydroxylation is 1. The maximum Gasteiger partial charge on any atom is 0.194 e. The van der Waals surface area contributed by atoms with Crippen LogP contribution in [0.2, 0.25) is 5.15 Å². The van der Waals surface area contributed by atoms with Gasteiger partial charge < -0.3 is 0 Å². The molecular formula is C13H6ClF3N2S. The first kappa shape index (κ1) is 13.3. The first-order valence-corrected chi connectivity index (χ1v) is 6.74. The summed E-state index contributed by atoms with van der Waals surface area (Å²) >= 11 is 7.42. The van der Waals surface area contributed by atoms with Crippen LogP contribution in [0, 0.1) is 24.4 Å². The molecule has 0 atom stereocenters. The van der Waals surface area contributed by atoms with Crippen molar-refractivity contribution in [1.82, 2.24) is 9.97 Å². The van der Waals surface area contributed by atoms with E-state index in [0.717, 1.165) is 17.0 Å². The predicted molar refractivity (Wildman–Crippen MR) is 72.5 cm³/mol. The summed E-state index contributed by atoms with van der Waals surface area (Å²) in [4.78, 5) is 9.81. The monoisotopic (exact) mass is 314 g/mol. The minimum absolute atomic E-state index is 0.0382. The highest BCUT2D eigenvalue weighted by Crippen LogP contribution is 2.31. The summed E-state index contributed by atoms with van der Waals surface area (Å²) in [5.74, 6) is -4.04. The Labute approximate surface area is 120 Å². The topological polar surface area (TPSA) is 25.8 Å². The standard InChI is InChI=1S/C13H6ClF3N2S/c1-5-2-7-11(14)18-12(19-13(7)20-5)6-3-8(15)10(17)9(16)4-6/h2-4H,1H3. The molecule has 2 nitrogen and oxygen atoms in total. The Morgan fingerprint density at radius 2 is 1.70 bits per heavy atom. The van der Waals surface area contributed by atoms with Gasteiger partial charge in [0.05, 0.1) is 0 Å². The zero-order valence-corrected chi connectivity index (χ0v) is 11.6. The number of hydrogen-bond donors (Lipinski definition) is 0. The summed E-state index contributed by atoms with van der Waals surface area (Å²) in [6.45, 7) is 1.89. The van der Waals surface area contributed by atoms with Crippen molar-refractivity contribution in [3.05, 3.63) is 45.7 Å². The number of hydrogen-bond acceptors (Lipinski definition) is 3. The van der Waals surface area contributed by atoms with E-state index in [0.29, 0.717) is 10.2 Å². The highest BCUT2D eigenvalue weighted by atomic mass is 35.5. The second-order valence-electron chi connectivity index (χ2n) is 4.17. The summed E-state index contributed by atoms with van der Waals surface area (Å²) in [6.07, 6.45) is 0. The molecule has 0 radical (unpaired) electrons. The molecule has 2 heterocycles. The molecule has 0 saturated heterocycles. The van der Waals surface area contributed by atoms with E-state index < -0.39 is 17.5 Å². The normalized spacial score (nSPS) is 11.2. The van der Waals surface area contributed by atoms with Crippen molar-refractivity contribution in [3.63, 3.8) is 0 Å². The van der Waals surface area contributed by atoms with Crippen molar-refractivity contribution in [2.45, 2.75) is 6.92 Å². The average molecular weight is 315 g/mol. The molecule has 0 fully saturated rings. The molecule has 20 heavy (non-hydrogen) atoms. The van der Waals surface area contributed by atoms with Crippen molar-refractivity contribution in [2.24, 2.45) is 0 Å². The largest absolute Gasteiger partial charge is 0.217 e. The van der Waals surface area contributed by atoms with Gasteiger partial charge in [0, 0.05) is 15.8 Å². The van der Waals surface area contributed by atoms with E-state index in [1.54, 1.807) is 0 Å². The molecule has 0 spiro atoms. The molecule has 0 unspecified atom stereocenters. The molecule has 0 amide bonds. The van der Waals surface area contributed by atoms with E-state index in [9.17, 15) is 13.2 Å². The molecule has 7 heteroatoms. The predicted octanol–water partition coefficient (Wildman–Crippen LogP) is 4.74.